The van der Waals surface area contributed by atoms with Crippen molar-refractivity contribution in [3.8, 4) is 11.3 Å². The van der Waals surface area contributed by atoms with E-state index in [2.05, 4.69) is 32.1 Å². The molecule has 1 aromatic heterocycles. The molecule has 1 aliphatic heterocycles. The number of methoxy groups -OCH3 is 1. The number of amides is 2. The van der Waals surface area contributed by atoms with Gasteiger partial charge in [0.1, 0.15) is 0 Å². The van der Waals surface area contributed by atoms with Gasteiger partial charge >= 0.3 is 6.09 Å². The van der Waals surface area contributed by atoms with Crippen LogP contribution < -0.4 is 16.0 Å². The Morgan fingerprint density at radius 3 is 3.07 bits per heavy atom. The molecule has 0 bridgehead atoms. The molecule has 0 radical (unpaired) electrons. The lowest BCUT2D eigenvalue weighted by Gasteiger charge is -2.33. The number of benzene rings is 1. The highest BCUT2D eigenvalue weighted by atomic mass is 32.1. The molecule has 0 aliphatic carbocycles. The van der Waals surface area contributed by atoms with E-state index in [4.69, 9.17) is 10.5 Å². The molecule has 9 heteroatoms. The minimum absolute atomic E-state index is 0.256. The van der Waals surface area contributed by atoms with Gasteiger partial charge in [0.05, 0.1) is 11.8 Å². The van der Waals surface area contributed by atoms with Crippen molar-refractivity contribution in [2.45, 2.75) is 18.9 Å². The van der Waals surface area contributed by atoms with Crippen molar-refractivity contribution in [3.63, 3.8) is 0 Å². The first-order valence-electron chi connectivity index (χ1n) is 8.61. The number of nitrogens with zero attached hydrogens (tertiary/aromatic N) is 2. The van der Waals surface area contributed by atoms with Crippen molar-refractivity contribution < 1.29 is 19.1 Å². The Bertz CT molecular complexity index is 810. The number of carbonyl (C=O) groups excluding carboxylic acids is 2. The largest absolute Gasteiger partial charge is 0.440 e. The number of hydrogen-bond donors (Lipinski definition) is 2. The summed E-state index contributed by atoms with van der Waals surface area (Å²) in [5.74, 6) is -0.484. The Morgan fingerprint density at radius 2 is 2.30 bits per heavy atom. The molecule has 144 valence electrons. The Hall–Kier alpha value is -2.65. The minimum Gasteiger partial charge on any atom is -0.440 e. The second kappa shape index (κ2) is 8.83. The molecular formula is C18H22N4O4S. The summed E-state index contributed by atoms with van der Waals surface area (Å²) in [6.07, 6.45) is 1.45. The molecule has 8 nitrogen and oxygen atoms in total. The average Bonchev–Trinajstić information content (AvgIpc) is 3.15. The summed E-state index contributed by atoms with van der Waals surface area (Å²) in [5, 5.41) is 4.90. The summed E-state index contributed by atoms with van der Waals surface area (Å²) < 4.78 is 9.96. The van der Waals surface area contributed by atoms with E-state index in [9.17, 15) is 9.59 Å². The van der Waals surface area contributed by atoms with E-state index >= 15 is 0 Å². The normalized spacial score (nSPS) is 16.8. The van der Waals surface area contributed by atoms with Crippen LogP contribution in [0.15, 0.2) is 29.6 Å². The molecule has 27 heavy (non-hydrogen) atoms. The van der Waals surface area contributed by atoms with E-state index in [1.807, 2.05) is 17.5 Å². The van der Waals surface area contributed by atoms with E-state index in [-0.39, 0.29) is 6.10 Å². The molecule has 1 aliphatic rings. The molecule has 1 fully saturated rings. The molecule has 1 saturated heterocycles. The van der Waals surface area contributed by atoms with Crippen LogP contribution in [0.3, 0.4) is 0 Å². The topological polar surface area (TPSA) is 107 Å². The van der Waals surface area contributed by atoms with Crippen molar-refractivity contribution in [3.05, 3.63) is 29.6 Å². The van der Waals surface area contributed by atoms with Crippen LogP contribution >= 0.6 is 11.3 Å². The Kier molecular flexibility index (Phi) is 6.25. The number of aromatic nitrogens is 1. The fraction of sp³-hybridized carbons (Fsp3) is 0.389. The zero-order valence-electron chi connectivity index (χ0n) is 15.0. The summed E-state index contributed by atoms with van der Waals surface area (Å²) in [7, 11) is 1.75. The van der Waals surface area contributed by atoms with Crippen LogP contribution in [0.25, 0.3) is 11.3 Å². The summed E-state index contributed by atoms with van der Waals surface area (Å²) in [4.78, 5) is 29.0. The summed E-state index contributed by atoms with van der Waals surface area (Å²) >= 11 is 1.30. The maximum atomic E-state index is 11.7. The summed E-state index contributed by atoms with van der Waals surface area (Å²) in [6, 6.07) is 8.16. The van der Waals surface area contributed by atoms with Crippen LogP contribution in [0.4, 0.5) is 15.6 Å². The lowest BCUT2D eigenvalue weighted by Crippen LogP contribution is -2.39. The van der Waals surface area contributed by atoms with Gasteiger partial charge in [0.25, 0.3) is 5.91 Å². The van der Waals surface area contributed by atoms with E-state index in [0.29, 0.717) is 5.13 Å². The van der Waals surface area contributed by atoms with E-state index in [1.54, 1.807) is 7.11 Å². The number of thiazole rings is 1. The van der Waals surface area contributed by atoms with Gasteiger partial charge in [-0.1, -0.05) is 12.1 Å². The predicted molar refractivity (Wildman–Crippen MR) is 104 cm³/mol. The quantitative estimate of drug-likeness (QED) is 0.785. The molecule has 3 N–H and O–H groups in total. The van der Waals surface area contributed by atoms with Crippen molar-refractivity contribution in [1.29, 1.82) is 0 Å². The smallest absolute Gasteiger partial charge is 0.405 e. The number of hydrogen-bond acceptors (Lipinski definition) is 7. The first-order chi connectivity index (χ1) is 13.0. The third-order valence-electron chi connectivity index (χ3n) is 4.31. The van der Waals surface area contributed by atoms with Crippen LogP contribution in [0.2, 0.25) is 0 Å². The molecule has 2 heterocycles. The van der Waals surface area contributed by atoms with Gasteiger partial charge in [-0.2, -0.15) is 0 Å². The fourth-order valence-electron chi connectivity index (χ4n) is 2.98. The van der Waals surface area contributed by atoms with E-state index in [1.165, 1.54) is 11.3 Å². The molecule has 2 aromatic rings. The highest BCUT2D eigenvalue weighted by Crippen LogP contribution is 2.29. The van der Waals surface area contributed by atoms with Gasteiger partial charge in [0, 0.05) is 36.8 Å². The highest BCUT2D eigenvalue weighted by molar-refractivity contribution is 7.14. The van der Waals surface area contributed by atoms with Crippen molar-refractivity contribution >= 4 is 34.2 Å². The Morgan fingerprint density at radius 1 is 1.44 bits per heavy atom. The maximum absolute atomic E-state index is 11.7. The number of carbonyl (C=O) groups is 2. The van der Waals surface area contributed by atoms with Gasteiger partial charge in [-0.25, -0.2) is 9.78 Å². The maximum Gasteiger partial charge on any atom is 0.405 e. The van der Waals surface area contributed by atoms with E-state index < -0.39 is 18.6 Å². The first kappa shape index (κ1) is 19.1. The van der Waals surface area contributed by atoms with Crippen molar-refractivity contribution in [2.24, 2.45) is 5.73 Å². The van der Waals surface area contributed by atoms with Crippen LogP contribution in [0.5, 0.6) is 0 Å². The van der Waals surface area contributed by atoms with Crippen LogP contribution in [0.1, 0.15) is 12.8 Å². The molecule has 0 saturated carbocycles. The summed E-state index contributed by atoms with van der Waals surface area (Å²) in [5.41, 5.74) is 7.71. The molecule has 1 unspecified atom stereocenters. The average molecular weight is 390 g/mol. The van der Waals surface area contributed by atoms with Crippen LogP contribution in [-0.2, 0) is 14.3 Å². The second-order valence-electron chi connectivity index (χ2n) is 6.19. The molecule has 2 amide bonds. The zero-order chi connectivity index (χ0) is 19.2. The number of nitrogens with one attached hydrogen (secondary N) is 1. The molecule has 3 rings (SSSR count). The van der Waals surface area contributed by atoms with Crippen molar-refractivity contribution in [1.82, 2.24) is 4.98 Å². The number of nitrogens with two attached hydrogens (primary N) is 1. The van der Waals surface area contributed by atoms with Gasteiger partial charge in [0.2, 0.25) is 0 Å². The molecule has 0 spiro atoms. The standard InChI is InChI=1S/C18H22N4O4S/c1-25-14-6-3-7-22(9-14)13-5-2-4-12(8-13)15-11-27-18(20-15)21-16(23)10-26-17(19)24/h2,4-5,8,11,14H,3,6-7,9-10H2,1H3,(H2,19,24)(H,20,21,23). The van der Waals surface area contributed by atoms with Crippen LogP contribution in [-0.4, -0.2) is 49.9 Å². The Balaban J connectivity index is 1.68. The fourth-order valence-corrected chi connectivity index (χ4v) is 3.72. The van der Waals surface area contributed by atoms with Crippen molar-refractivity contribution in [2.75, 3.05) is 37.0 Å². The van der Waals surface area contributed by atoms with Gasteiger partial charge in [-0.3, -0.25) is 10.1 Å². The first-order valence-corrected chi connectivity index (χ1v) is 9.49. The lowest BCUT2D eigenvalue weighted by atomic mass is 10.1. The predicted octanol–water partition coefficient (Wildman–Crippen LogP) is 2.46. The van der Waals surface area contributed by atoms with Gasteiger partial charge in [-0.15, -0.1) is 11.3 Å². The van der Waals surface area contributed by atoms with Gasteiger partial charge < -0.3 is 20.1 Å². The third-order valence-corrected chi connectivity index (χ3v) is 5.07. The number of anilines is 2. The molecule has 1 aromatic carbocycles. The van der Waals surface area contributed by atoms with Gasteiger partial charge in [-0.05, 0) is 25.0 Å². The molecular weight excluding hydrogens is 368 g/mol. The number of piperidine rings is 1. The monoisotopic (exact) mass is 390 g/mol. The summed E-state index contributed by atoms with van der Waals surface area (Å²) in [6.45, 7) is 1.44. The lowest BCUT2D eigenvalue weighted by molar-refractivity contribution is -0.118. The Labute approximate surface area is 161 Å². The van der Waals surface area contributed by atoms with E-state index in [0.717, 1.165) is 42.9 Å². The minimum atomic E-state index is -0.991. The highest BCUT2D eigenvalue weighted by Gasteiger charge is 2.20. The number of rotatable bonds is 6. The number of primary amides is 1. The van der Waals surface area contributed by atoms with Gasteiger partial charge in [0.15, 0.2) is 11.7 Å². The second-order valence-corrected chi connectivity index (χ2v) is 7.05. The molecule has 1 atom stereocenters. The SMILES string of the molecule is COC1CCCN(c2cccc(-c3csc(NC(=O)COC(N)=O)n3)c2)C1. The number of ether oxygens (including phenoxy) is 2. The zero-order valence-corrected chi connectivity index (χ0v) is 15.8. The van der Waals surface area contributed by atoms with Crippen LogP contribution in [0, 0.1) is 0 Å². The third kappa shape index (κ3) is 5.18.